The summed E-state index contributed by atoms with van der Waals surface area (Å²) >= 11 is 0. The maximum atomic E-state index is 12.0. The largest absolute Gasteiger partial charge is 0.493 e. The quantitative estimate of drug-likeness (QED) is 0.878. The third-order valence-corrected chi connectivity index (χ3v) is 2.93. The molecule has 21 heavy (non-hydrogen) atoms. The molecule has 1 heterocycles. The zero-order valence-electron chi connectivity index (χ0n) is 12.7. The van der Waals surface area contributed by atoms with Gasteiger partial charge in [-0.3, -0.25) is 5.32 Å². The van der Waals surface area contributed by atoms with Gasteiger partial charge in [0.2, 0.25) is 0 Å². The zero-order valence-corrected chi connectivity index (χ0v) is 12.7. The fraction of sp³-hybridized carbons (Fsp3) is 0.438. The highest BCUT2D eigenvalue weighted by Gasteiger charge is 2.20. The average Bonchev–Trinajstić information content (AvgIpc) is 2.58. The molecule has 1 aliphatic rings. The molecule has 0 unspecified atom stereocenters. The van der Waals surface area contributed by atoms with Crippen LogP contribution in [0.3, 0.4) is 0 Å². The van der Waals surface area contributed by atoms with Crippen molar-refractivity contribution in [3.05, 3.63) is 35.4 Å². The van der Waals surface area contributed by atoms with Crippen molar-refractivity contribution in [3.8, 4) is 5.75 Å². The van der Waals surface area contributed by atoms with Gasteiger partial charge in [-0.15, -0.1) is 0 Å². The fourth-order valence-corrected chi connectivity index (χ4v) is 2.05. The van der Waals surface area contributed by atoms with E-state index in [0.717, 1.165) is 23.3 Å². The Balaban J connectivity index is 2.24. The van der Waals surface area contributed by atoms with E-state index in [-0.39, 0.29) is 0 Å². The number of fused-ring (bicyclic) bond motifs is 1. The minimum atomic E-state index is -0.534. The average molecular weight is 290 g/mol. The van der Waals surface area contributed by atoms with Crippen LogP contribution in [0.2, 0.25) is 0 Å². The first-order chi connectivity index (χ1) is 9.89. The molecule has 0 radical (unpaired) electrons. The highest BCUT2D eigenvalue weighted by atomic mass is 16.6. The van der Waals surface area contributed by atoms with Gasteiger partial charge in [0.15, 0.2) is 0 Å². The third kappa shape index (κ3) is 4.23. The SMILES string of the molecule is CC(C)(C)OC(=O)NC1=CCCOc2ccc(CN)cc21. The number of nitrogens with one attached hydrogen (secondary N) is 1. The van der Waals surface area contributed by atoms with E-state index in [9.17, 15) is 4.79 Å². The van der Waals surface area contributed by atoms with Crippen molar-refractivity contribution in [1.82, 2.24) is 5.32 Å². The van der Waals surface area contributed by atoms with Gasteiger partial charge in [0.1, 0.15) is 11.4 Å². The van der Waals surface area contributed by atoms with E-state index in [1.54, 1.807) is 0 Å². The lowest BCUT2D eigenvalue weighted by atomic mass is 10.1. The Labute approximate surface area is 125 Å². The topological polar surface area (TPSA) is 73.6 Å². The van der Waals surface area contributed by atoms with Crippen LogP contribution in [0.25, 0.3) is 5.70 Å². The molecular formula is C16H22N2O3. The minimum Gasteiger partial charge on any atom is -0.493 e. The number of carbonyl (C=O) groups excluding carboxylic acids is 1. The third-order valence-electron chi connectivity index (χ3n) is 2.93. The molecule has 0 aliphatic carbocycles. The molecule has 2 rings (SSSR count). The normalized spacial score (nSPS) is 14.4. The van der Waals surface area contributed by atoms with Crippen molar-refractivity contribution in [2.45, 2.75) is 39.3 Å². The van der Waals surface area contributed by atoms with Crippen molar-refractivity contribution < 1.29 is 14.3 Å². The van der Waals surface area contributed by atoms with E-state index in [1.165, 1.54) is 0 Å². The number of hydrogen-bond acceptors (Lipinski definition) is 4. The molecule has 0 fully saturated rings. The molecule has 0 bridgehead atoms. The van der Waals surface area contributed by atoms with Crippen LogP contribution in [0.15, 0.2) is 24.3 Å². The Morgan fingerprint density at radius 1 is 1.43 bits per heavy atom. The molecule has 0 spiro atoms. The molecule has 1 amide bonds. The van der Waals surface area contributed by atoms with Gasteiger partial charge in [-0.2, -0.15) is 0 Å². The summed E-state index contributed by atoms with van der Waals surface area (Å²) in [5.41, 5.74) is 7.66. The first-order valence-electron chi connectivity index (χ1n) is 7.05. The lowest BCUT2D eigenvalue weighted by molar-refractivity contribution is 0.0558. The van der Waals surface area contributed by atoms with Gasteiger partial charge < -0.3 is 15.2 Å². The molecule has 1 aromatic carbocycles. The van der Waals surface area contributed by atoms with Crippen LogP contribution in [-0.2, 0) is 11.3 Å². The summed E-state index contributed by atoms with van der Waals surface area (Å²) in [5, 5.41) is 2.80. The summed E-state index contributed by atoms with van der Waals surface area (Å²) in [5.74, 6) is 0.743. The van der Waals surface area contributed by atoms with Crippen LogP contribution in [-0.4, -0.2) is 18.3 Å². The number of carbonyl (C=O) groups is 1. The Morgan fingerprint density at radius 3 is 2.86 bits per heavy atom. The van der Waals surface area contributed by atoms with Crippen LogP contribution in [0.4, 0.5) is 4.79 Å². The van der Waals surface area contributed by atoms with Crippen LogP contribution in [0, 0.1) is 0 Å². The van der Waals surface area contributed by atoms with Crippen LogP contribution in [0.1, 0.15) is 38.3 Å². The van der Waals surface area contributed by atoms with Crippen molar-refractivity contribution in [2.75, 3.05) is 6.61 Å². The van der Waals surface area contributed by atoms with Crippen molar-refractivity contribution in [1.29, 1.82) is 0 Å². The van der Waals surface area contributed by atoms with Crippen LogP contribution >= 0.6 is 0 Å². The molecule has 0 atom stereocenters. The molecule has 3 N–H and O–H groups in total. The summed E-state index contributed by atoms with van der Waals surface area (Å²) in [6.07, 6.45) is 2.19. The standard InChI is InChI=1S/C16H22N2O3/c1-16(2,3)21-15(19)18-13-5-4-8-20-14-7-6-11(10-17)9-12(13)14/h5-7,9H,4,8,10,17H2,1-3H3,(H,18,19). The molecule has 5 heteroatoms. The number of nitrogens with two attached hydrogens (primary N) is 1. The van der Waals surface area contributed by atoms with E-state index < -0.39 is 11.7 Å². The number of alkyl carbamates (subject to hydrolysis) is 1. The lowest BCUT2D eigenvalue weighted by Crippen LogP contribution is -2.31. The Hall–Kier alpha value is -2.01. The molecule has 5 nitrogen and oxygen atoms in total. The highest BCUT2D eigenvalue weighted by molar-refractivity contribution is 5.84. The highest BCUT2D eigenvalue weighted by Crippen LogP contribution is 2.29. The molecule has 114 valence electrons. The van der Waals surface area contributed by atoms with E-state index >= 15 is 0 Å². The van der Waals surface area contributed by atoms with Gasteiger partial charge >= 0.3 is 6.09 Å². The summed E-state index contributed by atoms with van der Waals surface area (Å²) in [6, 6.07) is 5.74. The summed E-state index contributed by atoms with van der Waals surface area (Å²) < 4.78 is 11.0. The number of amides is 1. The molecule has 0 aromatic heterocycles. The summed E-state index contributed by atoms with van der Waals surface area (Å²) in [4.78, 5) is 12.0. The zero-order chi connectivity index (χ0) is 15.5. The molecule has 1 aromatic rings. The fourth-order valence-electron chi connectivity index (χ4n) is 2.05. The summed E-state index contributed by atoms with van der Waals surface area (Å²) in [7, 11) is 0. The van der Waals surface area contributed by atoms with Crippen molar-refractivity contribution >= 4 is 11.8 Å². The number of hydrogen-bond donors (Lipinski definition) is 2. The second-order valence-electron chi connectivity index (χ2n) is 5.92. The molecule has 1 aliphatic heterocycles. The predicted molar refractivity (Wildman–Crippen MR) is 81.8 cm³/mol. The molecular weight excluding hydrogens is 268 g/mol. The second-order valence-corrected chi connectivity index (χ2v) is 5.92. The summed E-state index contributed by atoms with van der Waals surface area (Å²) in [6.45, 7) is 6.51. The smallest absolute Gasteiger partial charge is 0.412 e. The Kier molecular flexibility index (Phi) is 4.53. The lowest BCUT2D eigenvalue weighted by Gasteiger charge is -2.21. The maximum Gasteiger partial charge on any atom is 0.412 e. The van der Waals surface area contributed by atoms with Crippen LogP contribution in [0.5, 0.6) is 5.75 Å². The number of rotatable bonds is 2. The number of ether oxygens (including phenoxy) is 2. The van der Waals surface area contributed by atoms with Crippen molar-refractivity contribution in [3.63, 3.8) is 0 Å². The van der Waals surface area contributed by atoms with E-state index in [4.69, 9.17) is 15.2 Å². The minimum absolute atomic E-state index is 0.437. The molecule has 0 saturated heterocycles. The monoisotopic (exact) mass is 290 g/mol. The maximum absolute atomic E-state index is 12.0. The van der Waals surface area contributed by atoms with E-state index in [1.807, 2.05) is 45.0 Å². The Bertz CT molecular complexity index is 559. The van der Waals surface area contributed by atoms with Gasteiger partial charge in [0.05, 0.1) is 12.3 Å². The number of benzene rings is 1. The van der Waals surface area contributed by atoms with Gasteiger partial charge in [0.25, 0.3) is 0 Å². The Morgan fingerprint density at radius 2 is 2.19 bits per heavy atom. The van der Waals surface area contributed by atoms with Gasteiger partial charge in [-0.1, -0.05) is 12.1 Å². The second kappa shape index (κ2) is 6.18. The van der Waals surface area contributed by atoms with E-state index in [2.05, 4.69) is 5.32 Å². The first kappa shape index (κ1) is 15.4. The first-order valence-corrected chi connectivity index (χ1v) is 7.05. The van der Waals surface area contributed by atoms with Gasteiger partial charge in [-0.05, 0) is 38.5 Å². The predicted octanol–water partition coefficient (Wildman–Crippen LogP) is 2.79. The molecule has 0 saturated carbocycles. The van der Waals surface area contributed by atoms with Gasteiger partial charge in [0, 0.05) is 18.5 Å². The van der Waals surface area contributed by atoms with E-state index in [0.29, 0.717) is 18.8 Å². The van der Waals surface area contributed by atoms with Crippen LogP contribution < -0.4 is 15.8 Å². The van der Waals surface area contributed by atoms with Gasteiger partial charge in [-0.25, -0.2) is 4.79 Å². The van der Waals surface area contributed by atoms with Crippen molar-refractivity contribution in [2.24, 2.45) is 5.73 Å².